The van der Waals surface area contributed by atoms with E-state index >= 15 is 0 Å². The number of para-hydroxylation sites is 1. The SMILES string of the molecule is CCN1C(=O)/C(=C/c2cn(CCOc3ccc(Cl)cc3)c3ccccc23)C(=O)NC1=S. The maximum absolute atomic E-state index is 12.8. The quantitative estimate of drug-likeness (QED) is 0.348. The summed E-state index contributed by atoms with van der Waals surface area (Å²) >= 11 is 11.0. The molecule has 1 aliphatic heterocycles. The first-order valence-corrected chi connectivity index (χ1v) is 10.6. The van der Waals surface area contributed by atoms with Gasteiger partial charge in [-0.1, -0.05) is 29.8 Å². The van der Waals surface area contributed by atoms with E-state index in [1.54, 1.807) is 18.2 Å². The van der Waals surface area contributed by atoms with E-state index < -0.39 is 5.91 Å². The summed E-state index contributed by atoms with van der Waals surface area (Å²) in [4.78, 5) is 26.6. The standard InChI is InChI=1S/C23H20ClN3O3S/c1-2-27-22(29)19(21(28)25-23(27)31)13-15-14-26(20-6-4-3-5-18(15)20)11-12-30-17-9-7-16(24)8-10-17/h3-10,13-14H,2,11-12H2,1H3,(H,25,28,31)/b19-13+. The molecule has 2 aromatic carbocycles. The molecule has 0 bridgehead atoms. The van der Waals surface area contributed by atoms with Crippen molar-refractivity contribution in [2.24, 2.45) is 0 Å². The summed E-state index contributed by atoms with van der Waals surface area (Å²) in [5, 5.41) is 4.32. The van der Waals surface area contributed by atoms with Gasteiger partial charge in [0, 0.05) is 34.2 Å². The van der Waals surface area contributed by atoms with Gasteiger partial charge in [-0.2, -0.15) is 0 Å². The molecule has 0 aliphatic carbocycles. The number of hydrogen-bond donors (Lipinski definition) is 1. The van der Waals surface area contributed by atoms with Crippen LogP contribution in [0.15, 0.2) is 60.3 Å². The number of carbonyl (C=O) groups is 2. The van der Waals surface area contributed by atoms with E-state index in [-0.39, 0.29) is 16.6 Å². The number of thiocarbonyl (C=S) groups is 1. The van der Waals surface area contributed by atoms with Crippen molar-refractivity contribution in [1.82, 2.24) is 14.8 Å². The van der Waals surface area contributed by atoms with Gasteiger partial charge in [-0.05, 0) is 55.5 Å². The van der Waals surface area contributed by atoms with Gasteiger partial charge in [0.2, 0.25) is 0 Å². The monoisotopic (exact) mass is 453 g/mol. The maximum Gasteiger partial charge on any atom is 0.265 e. The van der Waals surface area contributed by atoms with Crippen molar-refractivity contribution in [2.45, 2.75) is 13.5 Å². The zero-order valence-electron chi connectivity index (χ0n) is 16.8. The van der Waals surface area contributed by atoms with Crippen LogP contribution < -0.4 is 10.1 Å². The molecule has 0 spiro atoms. The number of rotatable bonds is 6. The zero-order chi connectivity index (χ0) is 22.0. The number of benzene rings is 2. The molecule has 0 radical (unpaired) electrons. The average molecular weight is 454 g/mol. The molecule has 2 amide bonds. The first-order valence-electron chi connectivity index (χ1n) is 9.83. The molecule has 0 unspecified atom stereocenters. The molecule has 31 heavy (non-hydrogen) atoms. The van der Waals surface area contributed by atoms with Crippen molar-refractivity contribution < 1.29 is 14.3 Å². The Morgan fingerprint density at radius 3 is 2.61 bits per heavy atom. The Kier molecular flexibility index (Phi) is 6.06. The fourth-order valence-electron chi connectivity index (χ4n) is 3.50. The Hall–Kier alpha value is -3.16. The van der Waals surface area contributed by atoms with Crippen LogP contribution in [0.5, 0.6) is 5.75 Å². The lowest BCUT2D eigenvalue weighted by atomic mass is 10.1. The van der Waals surface area contributed by atoms with Crippen LogP contribution in [-0.4, -0.2) is 39.5 Å². The molecule has 1 aliphatic rings. The van der Waals surface area contributed by atoms with Gasteiger partial charge in [-0.3, -0.25) is 19.8 Å². The van der Waals surface area contributed by atoms with Gasteiger partial charge in [-0.15, -0.1) is 0 Å². The molecule has 0 atom stereocenters. The predicted molar refractivity (Wildman–Crippen MR) is 125 cm³/mol. The van der Waals surface area contributed by atoms with E-state index in [0.717, 1.165) is 22.2 Å². The normalized spacial score (nSPS) is 15.6. The van der Waals surface area contributed by atoms with Crippen molar-refractivity contribution in [3.05, 3.63) is 70.9 Å². The highest BCUT2D eigenvalue weighted by Crippen LogP contribution is 2.25. The van der Waals surface area contributed by atoms with Crippen LogP contribution in [0, 0.1) is 0 Å². The third-order valence-electron chi connectivity index (χ3n) is 5.04. The Morgan fingerprint density at radius 2 is 1.87 bits per heavy atom. The predicted octanol–water partition coefficient (Wildman–Crippen LogP) is 4.02. The summed E-state index contributed by atoms with van der Waals surface area (Å²) in [6.07, 6.45) is 3.55. The topological polar surface area (TPSA) is 63.6 Å². The molecular weight excluding hydrogens is 434 g/mol. The van der Waals surface area contributed by atoms with E-state index in [1.165, 1.54) is 4.90 Å². The number of carbonyl (C=O) groups excluding carboxylic acids is 2. The summed E-state index contributed by atoms with van der Waals surface area (Å²) in [6.45, 7) is 3.25. The van der Waals surface area contributed by atoms with E-state index in [0.29, 0.717) is 24.7 Å². The number of ether oxygens (including phenoxy) is 1. The molecule has 158 valence electrons. The second kappa shape index (κ2) is 8.91. The highest BCUT2D eigenvalue weighted by atomic mass is 35.5. The van der Waals surface area contributed by atoms with Gasteiger partial charge in [0.05, 0.1) is 6.54 Å². The third-order valence-corrected chi connectivity index (χ3v) is 5.61. The van der Waals surface area contributed by atoms with Gasteiger partial charge in [0.15, 0.2) is 5.11 Å². The average Bonchev–Trinajstić information content (AvgIpc) is 3.10. The summed E-state index contributed by atoms with van der Waals surface area (Å²) in [5.41, 5.74) is 1.83. The first kappa shape index (κ1) is 21.1. The van der Waals surface area contributed by atoms with Crippen molar-refractivity contribution >= 4 is 57.7 Å². The highest BCUT2D eigenvalue weighted by Gasteiger charge is 2.32. The van der Waals surface area contributed by atoms with Crippen molar-refractivity contribution in [2.75, 3.05) is 13.2 Å². The van der Waals surface area contributed by atoms with Crippen molar-refractivity contribution in [3.8, 4) is 5.75 Å². The maximum atomic E-state index is 12.8. The summed E-state index contributed by atoms with van der Waals surface area (Å²) < 4.78 is 7.86. The Bertz CT molecular complexity index is 1200. The van der Waals surface area contributed by atoms with Crippen LogP contribution >= 0.6 is 23.8 Å². The minimum absolute atomic E-state index is 0.0655. The van der Waals surface area contributed by atoms with Crippen LogP contribution in [0.3, 0.4) is 0 Å². The molecule has 1 aromatic heterocycles. The van der Waals surface area contributed by atoms with Gasteiger partial charge < -0.3 is 9.30 Å². The molecule has 2 heterocycles. The minimum Gasteiger partial charge on any atom is -0.492 e. The summed E-state index contributed by atoms with van der Waals surface area (Å²) in [6, 6.07) is 15.0. The van der Waals surface area contributed by atoms with E-state index in [4.69, 9.17) is 28.6 Å². The van der Waals surface area contributed by atoms with Crippen molar-refractivity contribution in [1.29, 1.82) is 0 Å². The lowest BCUT2D eigenvalue weighted by molar-refractivity contribution is -0.128. The second-order valence-electron chi connectivity index (χ2n) is 6.96. The van der Waals surface area contributed by atoms with Crippen LogP contribution in [-0.2, 0) is 16.1 Å². The Labute approximate surface area is 190 Å². The van der Waals surface area contributed by atoms with Gasteiger partial charge in [0.1, 0.15) is 17.9 Å². The van der Waals surface area contributed by atoms with Gasteiger partial charge in [-0.25, -0.2) is 0 Å². The number of fused-ring (bicyclic) bond motifs is 1. The van der Waals surface area contributed by atoms with Crippen LogP contribution in [0.25, 0.3) is 17.0 Å². The van der Waals surface area contributed by atoms with E-state index in [1.807, 2.05) is 54.1 Å². The zero-order valence-corrected chi connectivity index (χ0v) is 18.4. The Morgan fingerprint density at radius 1 is 1.13 bits per heavy atom. The molecule has 1 N–H and O–H groups in total. The number of aromatic nitrogens is 1. The van der Waals surface area contributed by atoms with E-state index in [9.17, 15) is 9.59 Å². The molecule has 3 aromatic rings. The van der Waals surface area contributed by atoms with E-state index in [2.05, 4.69) is 5.32 Å². The second-order valence-corrected chi connectivity index (χ2v) is 7.79. The van der Waals surface area contributed by atoms with Crippen LogP contribution in [0.1, 0.15) is 12.5 Å². The first-order chi connectivity index (χ1) is 15.0. The lowest BCUT2D eigenvalue weighted by Gasteiger charge is -2.27. The van der Waals surface area contributed by atoms with Crippen LogP contribution in [0.2, 0.25) is 5.02 Å². The van der Waals surface area contributed by atoms with Crippen molar-refractivity contribution in [3.63, 3.8) is 0 Å². The fraction of sp³-hybridized carbons (Fsp3) is 0.174. The highest BCUT2D eigenvalue weighted by molar-refractivity contribution is 7.80. The number of likely N-dealkylation sites (N-methyl/N-ethyl adjacent to an activating group) is 1. The summed E-state index contributed by atoms with van der Waals surface area (Å²) in [7, 11) is 0. The molecule has 4 rings (SSSR count). The molecular formula is C23H20ClN3O3S. The fourth-order valence-corrected chi connectivity index (χ4v) is 3.94. The lowest BCUT2D eigenvalue weighted by Crippen LogP contribution is -2.53. The number of amides is 2. The molecule has 1 saturated heterocycles. The molecule has 0 saturated carbocycles. The number of nitrogens with one attached hydrogen (secondary N) is 1. The number of halogens is 1. The van der Waals surface area contributed by atoms with Crippen LogP contribution in [0.4, 0.5) is 0 Å². The Balaban J connectivity index is 1.61. The number of hydrogen-bond acceptors (Lipinski definition) is 4. The molecule has 6 nitrogen and oxygen atoms in total. The smallest absolute Gasteiger partial charge is 0.265 e. The largest absolute Gasteiger partial charge is 0.492 e. The minimum atomic E-state index is -0.484. The molecule has 1 fully saturated rings. The number of nitrogens with zero attached hydrogens (tertiary/aromatic N) is 2. The molecule has 8 heteroatoms. The summed E-state index contributed by atoms with van der Waals surface area (Å²) in [5.74, 6) is -0.134. The van der Waals surface area contributed by atoms with Gasteiger partial charge >= 0.3 is 0 Å². The van der Waals surface area contributed by atoms with Gasteiger partial charge in [0.25, 0.3) is 11.8 Å². The third kappa shape index (κ3) is 4.33.